The van der Waals surface area contributed by atoms with Crippen LogP contribution in [0.5, 0.6) is 5.75 Å². The number of para-hydroxylation sites is 1. The van der Waals surface area contributed by atoms with Crippen LogP contribution in [-0.2, 0) is 14.8 Å². The molecule has 1 atom stereocenters. The first kappa shape index (κ1) is 25.3. The molecule has 1 N–H and O–H groups in total. The molecule has 7 heteroatoms. The average Bonchev–Trinajstić information content (AvgIpc) is 2.83. The average molecular weight is 481 g/mol. The van der Waals surface area contributed by atoms with Crippen LogP contribution in [0.15, 0.2) is 77.7 Å². The van der Waals surface area contributed by atoms with Crippen LogP contribution < -0.4 is 14.4 Å². The number of nitrogens with one attached hydrogen (secondary N) is 1. The summed E-state index contributed by atoms with van der Waals surface area (Å²) in [7, 11) is -2.28. The summed E-state index contributed by atoms with van der Waals surface area (Å²) < 4.78 is 33.5. The number of ether oxygens (including phenoxy) is 1. The van der Waals surface area contributed by atoms with E-state index in [-0.39, 0.29) is 23.4 Å². The molecule has 0 aliphatic heterocycles. The molecule has 0 radical (unpaired) electrons. The Labute approximate surface area is 202 Å². The van der Waals surface area contributed by atoms with Gasteiger partial charge in [-0.15, -0.1) is 0 Å². The van der Waals surface area contributed by atoms with Gasteiger partial charge in [-0.05, 0) is 72.9 Å². The summed E-state index contributed by atoms with van der Waals surface area (Å²) in [6.45, 7) is 7.72. The monoisotopic (exact) mass is 480 g/mol. The maximum absolute atomic E-state index is 13.4. The fourth-order valence-electron chi connectivity index (χ4n) is 3.93. The highest BCUT2D eigenvalue weighted by atomic mass is 32.2. The highest BCUT2D eigenvalue weighted by Crippen LogP contribution is 2.32. The van der Waals surface area contributed by atoms with Crippen molar-refractivity contribution in [3.8, 4) is 5.75 Å². The minimum Gasteiger partial charge on any atom is -0.496 e. The Bertz CT molecular complexity index is 1230. The molecule has 0 spiro atoms. The molecule has 0 saturated carbocycles. The molecular formula is C27H32N2O4S. The van der Waals surface area contributed by atoms with Crippen molar-refractivity contribution in [3.05, 3.63) is 89.5 Å². The van der Waals surface area contributed by atoms with E-state index in [9.17, 15) is 13.2 Å². The van der Waals surface area contributed by atoms with Gasteiger partial charge in [0.25, 0.3) is 10.0 Å². The number of hydrogen-bond acceptors (Lipinski definition) is 4. The van der Waals surface area contributed by atoms with Crippen LogP contribution in [-0.4, -0.2) is 28.0 Å². The lowest BCUT2D eigenvalue weighted by Gasteiger charge is -2.26. The van der Waals surface area contributed by atoms with Gasteiger partial charge in [-0.2, -0.15) is 0 Å². The Morgan fingerprint density at radius 1 is 0.941 bits per heavy atom. The third-order valence-electron chi connectivity index (χ3n) is 5.75. The summed E-state index contributed by atoms with van der Waals surface area (Å²) >= 11 is 0. The van der Waals surface area contributed by atoms with E-state index in [4.69, 9.17) is 4.74 Å². The van der Waals surface area contributed by atoms with Crippen molar-refractivity contribution in [2.75, 3.05) is 18.0 Å². The van der Waals surface area contributed by atoms with Crippen molar-refractivity contribution in [2.24, 2.45) is 0 Å². The molecule has 0 bridgehead atoms. The molecule has 0 aromatic heterocycles. The van der Waals surface area contributed by atoms with Gasteiger partial charge in [-0.3, -0.25) is 9.10 Å². The molecule has 0 heterocycles. The SMILES string of the molecule is COc1cc(C)c(C(C)NC(=O)CN(c2ccccc2)S(=O)(=O)c2ccccc2)cc1C(C)C. The van der Waals surface area contributed by atoms with Crippen LogP contribution in [0.3, 0.4) is 0 Å². The molecule has 0 saturated heterocycles. The minimum absolute atomic E-state index is 0.132. The number of hydrogen-bond donors (Lipinski definition) is 1. The standard InChI is InChI=1S/C27H32N2O4S/c1-19(2)24-17-25(20(3)16-26(24)33-5)21(4)28-27(30)18-29(22-12-8-6-9-13-22)34(31,32)23-14-10-7-11-15-23/h6-17,19,21H,18H2,1-5H3,(H,28,30). The maximum Gasteiger partial charge on any atom is 0.264 e. The highest BCUT2D eigenvalue weighted by Gasteiger charge is 2.27. The summed E-state index contributed by atoms with van der Waals surface area (Å²) in [5.41, 5.74) is 3.44. The zero-order valence-corrected chi connectivity index (χ0v) is 21.1. The predicted molar refractivity (Wildman–Crippen MR) is 136 cm³/mol. The third kappa shape index (κ3) is 5.59. The molecular weight excluding hydrogens is 448 g/mol. The summed E-state index contributed by atoms with van der Waals surface area (Å²) in [5, 5.41) is 2.98. The van der Waals surface area contributed by atoms with E-state index < -0.39 is 15.9 Å². The topological polar surface area (TPSA) is 75.7 Å². The first-order chi connectivity index (χ1) is 16.1. The Morgan fingerprint density at radius 2 is 1.53 bits per heavy atom. The molecule has 3 rings (SSSR count). The smallest absolute Gasteiger partial charge is 0.264 e. The Hall–Kier alpha value is -3.32. The van der Waals surface area contributed by atoms with Crippen LogP contribution in [0.4, 0.5) is 5.69 Å². The van der Waals surface area contributed by atoms with Crippen LogP contribution in [0.25, 0.3) is 0 Å². The van der Waals surface area contributed by atoms with Crippen LogP contribution in [0.1, 0.15) is 49.4 Å². The molecule has 6 nitrogen and oxygen atoms in total. The molecule has 1 amide bonds. The minimum atomic E-state index is -3.93. The van der Waals surface area contributed by atoms with E-state index >= 15 is 0 Å². The van der Waals surface area contributed by atoms with E-state index in [2.05, 4.69) is 25.2 Å². The van der Waals surface area contributed by atoms with Crippen LogP contribution in [0.2, 0.25) is 0 Å². The van der Waals surface area contributed by atoms with E-state index in [0.29, 0.717) is 5.69 Å². The van der Waals surface area contributed by atoms with Crippen molar-refractivity contribution < 1.29 is 17.9 Å². The van der Waals surface area contributed by atoms with Crippen molar-refractivity contribution in [3.63, 3.8) is 0 Å². The van der Waals surface area contributed by atoms with Crippen molar-refractivity contribution >= 4 is 21.6 Å². The van der Waals surface area contributed by atoms with Crippen molar-refractivity contribution in [1.29, 1.82) is 0 Å². The largest absolute Gasteiger partial charge is 0.496 e. The number of sulfonamides is 1. The number of nitrogens with zero attached hydrogens (tertiary/aromatic N) is 1. The second kappa shape index (κ2) is 10.7. The van der Waals surface area contributed by atoms with E-state index in [0.717, 1.165) is 26.7 Å². The van der Waals surface area contributed by atoms with Gasteiger partial charge in [0.2, 0.25) is 5.91 Å². The van der Waals surface area contributed by atoms with Crippen LogP contribution >= 0.6 is 0 Å². The fraction of sp³-hybridized carbons (Fsp3) is 0.296. The predicted octanol–water partition coefficient (Wildman–Crippen LogP) is 5.20. The number of benzene rings is 3. The quantitative estimate of drug-likeness (QED) is 0.457. The third-order valence-corrected chi connectivity index (χ3v) is 7.54. The van der Waals surface area contributed by atoms with Gasteiger partial charge in [0.05, 0.1) is 23.7 Å². The molecule has 1 unspecified atom stereocenters. The number of rotatable bonds is 9. The highest BCUT2D eigenvalue weighted by molar-refractivity contribution is 7.92. The lowest BCUT2D eigenvalue weighted by atomic mass is 9.93. The Balaban J connectivity index is 1.88. The van der Waals surface area contributed by atoms with Gasteiger partial charge >= 0.3 is 0 Å². The van der Waals surface area contributed by atoms with E-state index in [1.165, 1.54) is 12.1 Å². The summed E-state index contributed by atoms with van der Waals surface area (Å²) in [4.78, 5) is 13.2. The molecule has 180 valence electrons. The number of amides is 1. The first-order valence-corrected chi connectivity index (χ1v) is 12.7. The normalized spacial score (nSPS) is 12.3. The number of carbonyl (C=O) groups excluding carboxylic acids is 1. The van der Waals surface area contributed by atoms with Gasteiger partial charge in [0.15, 0.2) is 0 Å². The van der Waals surface area contributed by atoms with Crippen molar-refractivity contribution in [2.45, 2.75) is 44.6 Å². The number of anilines is 1. The van der Waals surface area contributed by atoms with E-state index in [1.807, 2.05) is 19.9 Å². The van der Waals surface area contributed by atoms with Gasteiger partial charge in [0, 0.05) is 0 Å². The number of aryl methyl sites for hydroxylation is 1. The molecule has 0 aliphatic rings. The summed E-state index contributed by atoms with van der Waals surface area (Å²) in [6.07, 6.45) is 0. The zero-order chi connectivity index (χ0) is 24.9. The molecule has 0 fully saturated rings. The van der Waals surface area contributed by atoms with Gasteiger partial charge in [-0.25, -0.2) is 8.42 Å². The van der Waals surface area contributed by atoms with E-state index in [1.54, 1.807) is 55.6 Å². The van der Waals surface area contributed by atoms with Gasteiger partial charge in [0.1, 0.15) is 12.3 Å². The lowest BCUT2D eigenvalue weighted by molar-refractivity contribution is -0.120. The molecule has 34 heavy (non-hydrogen) atoms. The van der Waals surface area contributed by atoms with Gasteiger partial charge in [-0.1, -0.05) is 50.2 Å². The Morgan fingerprint density at radius 3 is 2.09 bits per heavy atom. The zero-order valence-electron chi connectivity index (χ0n) is 20.3. The lowest BCUT2D eigenvalue weighted by Crippen LogP contribution is -2.41. The fourth-order valence-corrected chi connectivity index (χ4v) is 5.38. The molecule has 3 aromatic rings. The van der Waals surface area contributed by atoms with Crippen molar-refractivity contribution in [1.82, 2.24) is 5.32 Å². The first-order valence-electron chi connectivity index (χ1n) is 11.3. The second-order valence-corrected chi connectivity index (χ2v) is 10.4. The molecule has 0 aliphatic carbocycles. The maximum atomic E-state index is 13.4. The van der Waals surface area contributed by atoms with Crippen LogP contribution in [0, 0.1) is 6.92 Å². The van der Waals surface area contributed by atoms with Gasteiger partial charge < -0.3 is 10.1 Å². The second-order valence-electron chi connectivity index (χ2n) is 8.55. The number of methoxy groups -OCH3 is 1. The Kier molecular flexibility index (Phi) is 7.99. The molecule has 3 aromatic carbocycles. The number of carbonyl (C=O) groups is 1. The summed E-state index contributed by atoms with van der Waals surface area (Å²) in [6, 6.07) is 20.5. The summed E-state index contributed by atoms with van der Waals surface area (Å²) in [5.74, 6) is 0.679.